The number of hydrogen-bond donors (Lipinski definition) is 1. The number of methoxy groups -OCH3 is 2. The molecule has 1 N–H and O–H groups in total. The molecule has 1 amide bonds. The van der Waals surface area contributed by atoms with E-state index in [9.17, 15) is 19.7 Å². The summed E-state index contributed by atoms with van der Waals surface area (Å²) in [6, 6.07) is 5.33. The van der Waals surface area contributed by atoms with Crippen molar-refractivity contribution in [1.29, 1.82) is 0 Å². The number of nitro groups is 1. The average Bonchev–Trinajstić information content (AvgIpc) is 2.65. The smallest absolute Gasteiger partial charge is 0.286 e. The summed E-state index contributed by atoms with van der Waals surface area (Å²) >= 11 is 0. The van der Waals surface area contributed by atoms with Crippen LogP contribution in [0, 0.1) is 10.1 Å². The fraction of sp³-hybridized carbons (Fsp3) is 0.312. The number of rotatable bonds is 8. The van der Waals surface area contributed by atoms with Crippen LogP contribution in [0.5, 0.6) is 11.5 Å². The molecular weight excluding hydrogens is 344 g/mol. The number of ether oxygens (including phenoxy) is 2. The summed E-state index contributed by atoms with van der Waals surface area (Å²) in [4.78, 5) is 34.4. The van der Waals surface area contributed by atoms with Gasteiger partial charge < -0.3 is 14.8 Å². The van der Waals surface area contributed by atoms with E-state index in [0.717, 1.165) is 6.07 Å². The second-order valence-electron chi connectivity index (χ2n) is 5.18. The van der Waals surface area contributed by atoms with E-state index in [1.807, 2.05) is 0 Å². The van der Waals surface area contributed by atoms with Crippen molar-refractivity contribution in [2.24, 2.45) is 0 Å². The van der Waals surface area contributed by atoms with Gasteiger partial charge in [-0.15, -0.1) is 0 Å². The molecule has 10 heteroatoms. The Balaban J connectivity index is 2.07. The highest BCUT2D eigenvalue weighted by Gasteiger charge is 2.24. The van der Waals surface area contributed by atoms with Crippen molar-refractivity contribution in [3.8, 4) is 11.5 Å². The van der Waals surface area contributed by atoms with Crippen molar-refractivity contribution in [3.63, 3.8) is 0 Å². The van der Waals surface area contributed by atoms with Gasteiger partial charge in [0.1, 0.15) is 5.56 Å². The van der Waals surface area contributed by atoms with Crippen LogP contribution in [0.2, 0.25) is 0 Å². The van der Waals surface area contributed by atoms with Crippen LogP contribution < -0.4 is 20.3 Å². The molecule has 1 heterocycles. The molecule has 1 aromatic heterocycles. The lowest BCUT2D eigenvalue weighted by Gasteiger charge is -2.11. The number of aryl methyl sites for hydroxylation is 1. The highest BCUT2D eigenvalue weighted by atomic mass is 16.6. The van der Waals surface area contributed by atoms with Crippen LogP contribution in [0.4, 0.5) is 5.69 Å². The van der Waals surface area contributed by atoms with Gasteiger partial charge in [-0.2, -0.15) is 5.10 Å². The molecule has 1 aromatic carbocycles. The van der Waals surface area contributed by atoms with Crippen LogP contribution >= 0.6 is 0 Å². The predicted octanol–water partition coefficient (Wildman–Crippen LogP) is 0.989. The molecule has 0 unspecified atom stereocenters. The lowest BCUT2D eigenvalue weighted by atomic mass is 10.1. The summed E-state index contributed by atoms with van der Waals surface area (Å²) in [6.45, 7) is 0.529. The number of benzene rings is 1. The minimum atomic E-state index is -0.662. The lowest BCUT2D eigenvalue weighted by molar-refractivity contribution is -0.385. The molecule has 0 aliphatic rings. The van der Waals surface area contributed by atoms with Gasteiger partial charge in [-0.25, -0.2) is 4.68 Å². The first-order valence-electron chi connectivity index (χ1n) is 7.68. The van der Waals surface area contributed by atoms with Gasteiger partial charge in [0.15, 0.2) is 11.5 Å². The number of nitrogens with zero attached hydrogens (tertiary/aromatic N) is 3. The van der Waals surface area contributed by atoms with Crippen LogP contribution in [0.15, 0.2) is 35.3 Å². The molecule has 2 rings (SSSR count). The minimum Gasteiger partial charge on any atom is -0.493 e. The van der Waals surface area contributed by atoms with E-state index in [2.05, 4.69) is 10.4 Å². The Hall–Kier alpha value is -3.43. The Bertz CT molecular complexity index is 864. The van der Waals surface area contributed by atoms with E-state index >= 15 is 0 Å². The SMILES string of the molecule is COc1cc(C(=O)NCCCn2ncccc2=O)c([N+](=O)[O-])cc1OC. The number of carbonyl (C=O) groups excluding carboxylic acids is 1. The van der Waals surface area contributed by atoms with Gasteiger partial charge in [-0.1, -0.05) is 0 Å². The summed E-state index contributed by atoms with van der Waals surface area (Å²) in [7, 11) is 2.72. The standard InChI is InChI=1S/C16H18N4O6/c1-25-13-9-11(12(20(23)24)10-14(13)26-2)16(22)17-6-4-8-19-15(21)5-3-7-18-19/h3,5,7,9-10H,4,6,8H2,1-2H3,(H,17,22). The van der Waals surface area contributed by atoms with Gasteiger partial charge in [-0.3, -0.25) is 19.7 Å². The summed E-state index contributed by atoms with van der Waals surface area (Å²) in [5.74, 6) is -0.250. The normalized spacial score (nSPS) is 10.2. The summed E-state index contributed by atoms with van der Waals surface area (Å²) < 4.78 is 11.4. The van der Waals surface area contributed by atoms with Crippen molar-refractivity contribution in [3.05, 3.63) is 56.5 Å². The Kier molecular flexibility index (Phi) is 6.25. The number of hydrogen-bond acceptors (Lipinski definition) is 7. The Morgan fingerprint density at radius 2 is 2.00 bits per heavy atom. The van der Waals surface area contributed by atoms with E-state index < -0.39 is 10.8 Å². The Labute approximate surface area is 148 Å². The lowest BCUT2D eigenvalue weighted by Crippen LogP contribution is -2.28. The molecule has 0 atom stereocenters. The van der Waals surface area contributed by atoms with Crippen LogP contribution in [0.1, 0.15) is 16.8 Å². The largest absolute Gasteiger partial charge is 0.493 e. The van der Waals surface area contributed by atoms with E-state index in [0.29, 0.717) is 13.0 Å². The molecule has 0 radical (unpaired) electrons. The number of nitro benzene ring substituents is 1. The topological polar surface area (TPSA) is 126 Å². The van der Waals surface area contributed by atoms with Crippen LogP contribution in [0.3, 0.4) is 0 Å². The second kappa shape index (κ2) is 8.60. The monoisotopic (exact) mass is 362 g/mol. The molecule has 0 saturated carbocycles. The summed E-state index contributed by atoms with van der Waals surface area (Å²) in [5, 5.41) is 17.7. The van der Waals surface area contributed by atoms with Crippen LogP contribution in [-0.2, 0) is 6.54 Å². The molecule has 10 nitrogen and oxygen atoms in total. The van der Waals surface area contributed by atoms with Crippen molar-refractivity contribution in [2.45, 2.75) is 13.0 Å². The van der Waals surface area contributed by atoms with Crippen LogP contribution in [0.25, 0.3) is 0 Å². The molecule has 2 aromatic rings. The summed E-state index contributed by atoms with van der Waals surface area (Å²) in [5.41, 5.74) is -0.766. The number of aromatic nitrogens is 2. The number of carbonyl (C=O) groups is 1. The van der Waals surface area contributed by atoms with Crippen molar-refractivity contribution >= 4 is 11.6 Å². The summed E-state index contributed by atoms with van der Waals surface area (Å²) in [6.07, 6.45) is 1.93. The second-order valence-corrected chi connectivity index (χ2v) is 5.18. The number of amides is 1. The van der Waals surface area contributed by atoms with Crippen molar-refractivity contribution in [1.82, 2.24) is 15.1 Å². The zero-order valence-corrected chi connectivity index (χ0v) is 14.3. The van der Waals surface area contributed by atoms with E-state index in [1.165, 1.54) is 43.3 Å². The third kappa shape index (κ3) is 4.35. The first-order valence-corrected chi connectivity index (χ1v) is 7.68. The van der Waals surface area contributed by atoms with Gasteiger partial charge in [-0.05, 0) is 12.5 Å². The molecule has 26 heavy (non-hydrogen) atoms. The van der Waals surface area contributed by atoms with Gasteiger partial charge in [0.2, 0.25) is 0 Å². The van der Waals surface area contributed by atoms with Gasteiger partial charge >= 0.3 is 0 Å². The molecule has 0 aliphatic heterocycles. The van der Waals surface area contributed by atoms with Gasteiger partial charge in [0.05, 0.1) is 25.2 Å². The highest BCUT2D eigenvalue weighted by molar-refractivity contribution is 5.99. The Morgan fingerprint density at radius 1 is 1.31 bits per heavy atom. The maximum absolute atomic E-state index is 12.3. The first kappa shape index (κ1) is 18.9. The first-order chi connectivity index (χ1) is 12.5. The highest BCUT2D eigenvalue weighted by Crippen LogP contribution is 2.34. The van der Waals surface area contributed by atoms with E-state index in [4.69, 9.17) is 9.47 Å². The quantitative estimate of drug-likeness (QED) is 0.421. The third-order valence-corrected chi connectivity index (χ3v) is 3.56. The minimum absolute atomic E-state index is 0.136. The predicted molar refractivity (Wildman–Crippen MR) is 91.6 cm³/mol. The van der Waals surface area contributed by atoms with Crippen LogP contribution in [-0.4, -0.2) is 41.4 Å². The van der Waals surface area contributed by atoms with Gasteiger partial charge in [0, 0.05) is 31.4 Å². The van der Waals surface area contributed by atoms with Gasteiger partial charge in [0.25, 0.3) is 17.2 Å². The molecule has 0 fully saturated rings. The maximum Gasteiger partial charge on any atom is 0.286 e. The van der Waals surface area contributed by atoms with E-state index in [-0.39, 0.29) is 34.9 Å². The fourth-order valence-corrected chi connectivity index (χ4v) is 2.28. The maximum atomic E-state index is 12.3. The third-order valence-electron chi connectivity index (χ3n) is 3.56. The van der Waals surface area contributed by atoms with Crippen molar-refractivity contribution < 1.29 is 19.2 Å². The zero-order valence-electron chi connectivity index (χ0n) is 14.3. The molecular formula is C16H18N4O6. The molecule has 0 spiro atoms. The zero-order chi connectivity index (χ0) is 19.1. The fourth-order valence-electron chi connectivity index (χ4n) is 2.28. The number of nitrogens with one attached hydrogen (secondary N) is 1. The molecule has 0 saturated heterocycles. The average molecular weight is 362 g/mol. The molecule has 0 aliphatic carbocycles. The Morgan fingerprint density at radius 3 is 2.62 bits per heavy atom. The van der Waals surface area contributed by atoms with Crippen molar-refractivity contribution in [2.75, 3.05) is 20.8 Å². The molecule has 138 valence electrons. The molecule has 0 bridgehead atoms. The van der Waals surface area contributed by atoms with E-state index in [1.54, 1.807) is 0 Å².